The van der Waals surface area contributed by atoms with Crippen LogP contribution in [0, 0.1) is 5.41 Å². The van der Waals surface area contributed by atoms with Crippen molar-refractivity contribution in [1.29, 1.82) is 5.41 Å². The average molecular weight is 83.1 g/mol. The van der Waals surface area contributed by atoms with Crippen molar-refractivity contribution in [2.75, 3.05) is 0 Å². The van der Waals surface area contributed by atoms with Crippen LogP contribution in [0.5, 0.6) is 0 Å². The molecule has 31 valence electrons. The summed E-state index contributed by atoms with van der Waals surface area (Å²) in [5, 5.41) is 6.67. The molecule has 0 aromatic rings. The second kappa shape index (κ2) is 1.01. The van der Waals surface area contributed by atoms with Gasteiger partial charge in [0.05, 0.1) is 0 Å². The van der Waals surface area contributed by atoms with Crippen molar-refractivity contribution in [3.63, 3.8) is 0 Å². The fraction of sp³-hybridized carbons (Fsp3) is 0. The standard InChI is InChI=1S/C3H3N2O/c4-3-1-2-6-5-3/h1-2,4H. The molecule has 0 unspecified atom stereocenters. The molecule has 1 aliphatic heterocycles. The van der Waals surface area contributed by atoms with Crippen LogP contribution in [0.3, 0.4) is 0 Å². The summed E-state index contributed by atoms with van der Waals surface area (Å²) >= 11 is 0. The lowest BCUT2D eigenvalue weighted by Gasteiger charge is -1.80. The molecule has 0 atom stereocenters. The fourth-order valence-electron chi connectivity index (χ4n) is 0.213. The van der Waals surface area contributed by atoms with Gasteiger partial charge in [0.15, 0.2) is 5.84 Å². The van der Waals surface area contributed by atoms with E-state index < -0.39 is 0 Å². The Morgan fingerprint density at radius 2 is 2.67 bits per heavy atom. The SMILES string of the molecule is N=C1C=CO[N]1. The highest BCUT2D eigenvalue weighted by molar-refractivity contribution is 5.90. The van der Waals surface area contributed by atoms with E-state index in [4.69, 9.17) is 5.41 Å². The highest BCUT2D eigenvalue weighted by Gasteiger charge is 1.96. The lowest BCUT2D eigenvalue weighted by Crippen LogP contribution is -2.00. The zero-order chi connectivity index (χ0) is 4.41. The van der Waals surface area contributed by atoms with Crippen LogP contribution in [0.15, 0.2) is 12.3 Å². The first kappa shape index (κ1) is 3.21. The van der Waals surface area contributed by atoms with Crippen LogP contribution in [0.4, 0.5) is 0 Å². The summed E-state index contributed by atoms with van der Waals surface area (Å²) in [7, 11) is 0. The van der Waals surface area contributed by atoms with Crippen LogP contribution in [-0.4, -0.2) is 5.84 Å². The van der Waals surface area contributed by atoms with E-state index in [1.807, 2.05) is 0 Å². The van der Waals surface area contributed by atoms with E-state index in [1.165, 1.54) is 12.3 Å². The van der Waals surface area contributed by atoms with Gasteiger partial charge in [-0.15, -0.1) is 0 Å². The summed E-state index contributed by atoms with van der Waals surface area (Å²) in [5.41, 5.74) is 3.21. The highest BCUT2D eigenvalue weighted by atomic mass is 16.6. The predicted molar refractivity (Wildman–Crippen MR) is 20.1 cm³/mol. The molecule has 0 fully saturated rings. The zero-order valence-corrected chi connectivity index (χ0v) is 3.01. The zero-order valence-electron chi connectivity index (χ0n) is 3.01. The van der Waals surface area contributed by atoms with Gasteiger partial charge in [-0.3, -0.25) is 5.41 Å². The second-order valence-corrected chi connectivity index (χ2v) is 0.885. The van der Waals surface area contributed by atoms with Crippen LogP contribution >= 0.6 is 0 Å². The van der Waals surface area contributed by atoms with Gasteiger partial charge < -0.3 is 4.84 Å². The smallest absolute Gasteiger partial charge is 0.187 e. The monoisotopic (exact) mass is 83.0 g/mol. The largest absolute Gasteiger partial charge is 0.363 e. The molecule has 0 bridgehead atoms. The van der Waals surface area contributed by atoms with E-state index in [0.717, 1.165) is 0 Å². The van der Waals surface area contributed by atoms with Crippen LogP contribution in [0.1, 0.15) is 0 Å². The first-order valence-electron chi connectivity index (χ1n) is 1.51. The second-order valence-electron chi connectivity index (χ2n) is 0.885. The lowest BCUT2D eigenvalue weighted by molar-refractivity contribution is 0.198. The van der Waals surface area contributed by atoms with Crippen molar-refractivity contribution in [3.05, 3.63) is 12.3 Å². The Hall–Kier alpha value is -0.990. The van der Waals surface area contributed by atoms with Crippen LogP contribution in [0.2, 0.25) is 0 Å². The summed E-state index contributed by atoms with van der Waals surface area (Å²) in [5.74, 6) is 0.176. The summed E-state index contributed by atoms with van der Waals surface area (Å²) in [6.45, 7) is 0. The van der Waals surface area contributed by atoms with Crippen LogP contribution < -0.4 is 5.48 Å². The summed E-state index contributed by atoms with van der Waals surface area (Å²) in [4.78, 5) is 4.28. The van der Waals surface area contributed by atoms with Crippen molar-refractivity contribution < 1.29 is 4.84 Å². The molecule has 1 N–H and O–H groups in total. The van der Waals surface area contributed by atoms with E-state index in [9.17, 15) is 0 Å². The number of hydrogen-bond acceptors (Lipinski definition) is 2. The topological polar surface area (TPSA) is 47.2 Å². The molecule has 1 aliphatic rings. The molecule has 0 amide bonds. The molecule has 3 nitrogen and oxygen atoms in total. The number of hydrogen-bond donors (Lipinski definition) is 1. The van der Waals surface area contributed by atoms with Crippen molar-refractivity contribution in [3.8, 4) is 0 Å². The first-order chi connectivity index (χ1) is 2.89. The van der Waals surface area contributed by atoms with Crippen molar-refractivity contribution in [2.45, 2.75) is 0 Å². The summed E-state index contributed by atoms with van der Waals surface area (Å²) < 4.78 is 0. The van der Waals surface area contributed by atoms with Crippen molar-refractivity contribution in [1.82, 2.24) is 5.48 Å². The molecule has 3 heteroatoms. The number of hydroxylamine groups is 1. The Bertz CT molecular complexity index is 97.0. The molecular formula is C3H3N2O. The minimum absolute atomic E-state index is 0.176. The molecule has 0 saturated heterocycles. The van der Waals surface area contributed by atoms with Gasteiger partial charge in [0.25, 0.3) is 0 Å². The van der Waals surface area contributed by atoms with Gasteiger partial charge in [0.1, 0.15) is 6.26 Å². The van der Waals surface area contributed by atoms with Crippen molar-refractivity contribution >= 4 is 5.84 Å². The Morgan fingerprint density at radius 3 is 2.83 bits per heavy atom. The Labute approximate surface area is 35.1 Å². The fourth-order valence-corrected chi connectivity index (χ4v) is 0.213. The Kier molecular flexibility index (Phi) is 0.538. The maximum atomic E-state index is 6.67. The van der Waals surface area contributed by atoms with Gasteiger partial charge in [-0.25, -0.2) is 0 Å². The summed E-state index contributed by atoms with van der Waals surface area (Å²) in [6, 6.07) is 0. The molecule has 0 saturated carbocycles. The van der Waals surface area contributed by atoms with Gasteiger partial charge in [0.2, 0.25) is 0 Å². The van der Waals surface area contributed by atoms with E-state index in [2.05, 4.69) is 10.3 Å². The highest BCUT2D eigenvalue weighted by Crippen LogP contribution is 1.85. The average Bonchev–Trinajstić information content (AvgIpc) is 1.86. The van der Waals surface area contributed by atoms with Gasteiger partial charge in [-0.1, -0.05) is 5.48 Å². The van der Waals surface area contributed by atoms with E-state index in [0.29, 0.717) is 0 Å². The minimum Gasteiger partial charge on any atom is -0.363 e. The Balaban J connectivity index is 2.59. The third kappa shape index (κ3) is 0.337. The molecule has 0 spiro atoms. The molecule has 1 rings (SSSR count). The predicted octanol–water partition coefficient (Wildman–Crippen LogP) is 0.0270. The van der Waals surface area contributed by atoms with E-state index in [1.54, 1.807) is 0 Å². The number of rotatable bonds is 0. The quantitative estimate of drug-likeness (QED) is 0.441. The normalized spacial score (nSPS) is 17.0. The molecule has 0 aromatic carbocycles. The van der Waals surface area contributed by atoms with Crippen LogP contribution in [-0.2, 0) is 4.84 Å². The third-order valence-electron chi connectivity index (χ3n) is 0.438. The Morgan fingerprint density at radius 1 is 1.83 bits per heavy atom. The molecule has 0 aromatic heterocycles. The lowest BCUT2D eigenvalue weighted by atomic mass is 10.6. The maximum Gasteiger partial charge on any atom is 0.187 e. The summed E-state index contributed by atoms with van der Waals surface area (Å²) in [6.07, 6.45) is 2.84. The van der Waals surface area contributed by atoms with Crippen LogP contribution in [0.25, 0.3) is 0 Å². The molecule has 1 radical (unpaired) electrons. The number of nitrogens with one attached hydrogen (secondary N) is 1. The number of nitrogens with zero attached hydrogens (tertiary/aromatic N) is 1. The van der Waals surface area contributed by atoms with E-state index >= 15 is 0 Å². The third-order valence-corrected chi connectivity index (χ3v) is 0.438. The molecule has 0 aliphatic carbocycles. The van der Waals surface area contributed by atoms with E-state index in [-0.39, 0.29) is 5.84 Å². The molecular weight excluding hydrogens is 80.0 g/mol. The van der Waals surface area contributed by atoms with Crippen molar-refractivity contribution in [2.24, 2.45) is 0 Å². The van der Waals surface area contributed by atoms with Gasteiger partial charge in [-0.2, -0.15) is 0 Å². The van der Waals surface area contributed by atoms with Gasteiger partial charge >= 0.3 is 0 Å². The number of amidine groups is 1. The van der Waals surface area contributed by atoms with Gasteiger partial charge in [-0.05, 0) is 0 Å². The van der Waals surface area contributed by atoms with Gasteiger partial charge in [0, 0.05) is 6.08 Å². The minimum atomic E-state index is 0.176. The molecule has 6 heavy (non-hydrogen) atoms. The maximum absolute atomic E-state index is 6.67. The molecule has 1 heterocycles. The first-order valence-corrected chi connectivity index (χ1v) is 1.51.